The van der Waals surface area contributed by atoms with Gasteiger partial charge >= 0.3 is 5.97 Å². The van der Waals surface area contributed by atoms with Gasteiger partial charge in [0, 0.05) is 18.8 Å². The summed E-state index contributed by atoms with van der Waals surface area (Å²) in [5.74, 6) is -1.44. The highest BCUT2D eigenvalue weighted by atomic mass is 16.5. The van der Waals surface area contributed by atoms with Crippen LogP contribution in [0.3, 0.4) is 0 Å². The number of fused-ring (bicyclic) bond motifs is 3. The Morgan fingerprint density at radius 1 is 1.29 bits per heavy atom. The van der Waals surface area contributed by atoms with Crippen molar-refractivity contribution in [1.82, 2.24) is 0 Å². The molecule has 1 unspecified atom stereocenters. The van der Waals surface area contributed by atoms with Crippen molar-refractivity contribution in [2.75, 3.05) is 6.61 Å². The van der Waals surface area contributed by atoms with Crippen molar-refractivity contribution >= 4 is 17.5 Å². The van der Waals surface area contributed by atoms with Gasteiger partial charge in [-0.05, 0) is 42.2 Å². The molecule has 0 aromatic rings. The van der Waals surface area contributed by atoms with Crippen LogP contribution in [0.25, 0.3) is 0 Å². The number of hydrogen-bond acceptors (Lipinski definition) is 6. The predicted molar refractivity (Wildman–Crippen MR) is 98.2 cm³/mol. The van der Waals surface area contributed by atoms with Gasteiger partial charge in [0.25, 0.3) is 0 Å². The number of ketones is 2. The maximum atomic E-state index is 13.7. The van der Waals surface area contributed by atoms with Crippen LogP contribution < -0.4 is 0 Å². The molecule has 3 saturated carbocycles. The lowest BCUT2D eigenvalue weighted by Gasteiger charge is -2.63. The van der Waals surface area contributed by atoms with E-state index in [1.54, 1.807) is 0 Å². The van der Waals surface area contributed by atoms with Crippen molar-refractivity contribution in [3.8, 4) is 0 Å². The molecular formula is C22H26O6. The van der Waals surface area contributed by atoms with E-state index in [1.807, 2.05) is 13.8 Å². The Bertz CT molecular complexity index is 881. The monoisotopic (exact) mass is 386 g/mol. The summed E-state index contributed by atoms with van der Waals surface area (Å²) >= 11 is 0. The molecule has 6 rings (SSSR count). The van der Waals surface area contributed by atoms with Crippen molar-refractivity contribution in [1.29, 1.82) is 0 Å². The van der Waals surface area contributed by atoms with Gasteiger partial charge in [-0.3, -0.25) is 14.4 Å². The Morgan fingerprint density at radius 2 is 2.00 bits per heavy atom. The van der Waals surface area contributed by atoms with Crippen molar-refractivity contribution in [3.63, 3.8) is 0 Å². The summed E-state index contributed by atoms with van der Waals surface area (Å²) in [6.07, 6.45) is 1.06. The highest BCUT2D eigenvalue weighted by Gasteiger charge is 2.76. The van der Waals surface area contributed by atoms with Crippen LogP contribution in [0, 0.1) is 28.1 Å². The lowest BCUT2D eigenvalue weighted by Crippen LogP contribution is -2.70. The third kappa shape index (κ3) is 1.73. The van der Waals surface area contributed by atoms with Gasteiger partial charge in [0.15, 0.2) is 5.76 Å². The zero-order chi connectivity index (χ0) is 20.2. The molecule has 6 heteroatoms. The highest BCUT2D eigenvalue weighted by Crippen LogP contribution is 2.71. The molecule has 2 spiro atoms. The maximum Gasteiger partial charge on any atom is 0.303 e. The Labute approximate surface area is 164 Å². The molecule has 5 fully saturated rings. The summed E-state index contributed by atoms with van der Waals surface area (Å²) in [6.45, 7) is 9.53. The fourth-order valence-electron chi connectivity index (χ4n) is 7.28. The van der Waals surface area contributed by atoms with Gasteiger partial charge in [-0.1, -0.05) is 20.4 Å². The lowest BCUT2D eigenvalue weighted by molar-refractivity contribution is -0.201. The zero-order valence-electron chi connectivity index (χ0n) is 16.5. The van der Waals surface area contributed by atoms with Crippen molar-refractivity contribution < 1.29 is 29.0 Å². The number of Topliss-reactive ketones (excluding diaryl/α,β-unsaturated/α-hetero) is 2. The molecule has 0 radical (unpaired) electrons. The topological polar surface area (TPSA) is 89.9 Å². The smallest absolute Gasteiger partial charge is 0.303 e. The fraction of sp³-hybridized carbons (Fsp3) is 0.682. The highest BCUT2D eigenvalue weighted by molar-refractivity contribution is 6.06. The average Bonchev–Trinajstić information content (AvgIpc) is 2.82. The van der Waals surface area contributed by atoms with Crippen LogP contribution in [-0.4, -0.2) is 41.5 Å². The molecule has 4 bridgehead atoms. The van der Waals surface area contributed by atoms with Gasteiger partial charge in [-0.15, -0.1) is 0 Å². The van der Waals surface area contributed by atoms with Gasteiger partial charge in [0.1, 0.15) is 11.9 Å². The summed E-state index contributed by atoms with van der Waals surface area (Å²) in [5.41, 5.74) is -1.47. The van der Waals surface area contributed by atoms with Crippen LogP contribution in [0.5, 0.6) is 0 Å². The second-order valence-electron chi connectivity index (χ2n) is 9.81. The summed E-state index contributed by atoms with van der Waals surface area (Å²) in [4.78, 5) is 39.0. The minimum Gasteiger partial charge on any atom is -0.504 e. The molecule has 28 heavy (non-hydrogen) atoms. The molecule has 4 aliphatic carbocycles. The molecule has 0 aromatic heterocycles. The number of hydrogen-bond donors (Lipinski definition) is 1. The zero-order valence-corrected chi connectivity index (χ0v) is 16.5. The van der Waals surface area contributed by atoms with Crippen LogP contribution in [0.2, 0.25) is 0 Å². The molecule has 150 valence electrons. The first kappa shape index (κ1) is 18.1. The second-order valence-corrected chi connectivity index (χ2v) is 9.81. The van der Waals surface area contributed by atoms with Crippen LogP contribution in [0.15, 0.2) is 23.5 Å². The third-order valence-corrected chi connectivity index (χ3v) is 8.37. The van der Waals surface area contributed by atoms with E-state index in [-0.39, 0.29) is 48.3 Å². The van der Waals surface area contributed by atoms with Crippen molar-refractivity contribution in [2.24, 2.45) is 28.1 Å². The van der Waals surface area contributed by atoms with Crippen LogP contribution in [0.1, 0.15) is 46.5 Å². The third-order valence-electron chi connectivity index (χ3n) is 8.37. The van der Waals surface area contributed by atoms with E-state index >= 15 is 0 Å². The van der Waals surface area contributed by atoms with Gasteiger partial charge in [-0.2, -0.15) is 0 Å². The van der Waals surface area contributed by atoms with Gasteiger partial charge in [0.2, 0.25) is 5.78 Å². The van der Waals surface area contributed by atoms with Gasteiger partial charge in [-0.25, -0.2) is 0 Å². The number of allylic oxidation sites excluding steroid dienone is 1. The van der Waals surface area contributed by atoms with Crippen LogP contribution in [-0.2, 0) is 23.9 Å². The molecule has 1 N–H and O–H groups in total. The van der Waals surface area contributed by atoms with Crippen molar-refractivity contribution in [2.45, 2.75) is 58.7 Å². The summed E-state index contributed by atoms with van der Waals surface area (Å²) < 4.78 is 11.7. The van der Waals surface area contributed by atoms with E-state index in [9.17, 15) is 19.5 Å². The first-order valence-corrected chi connectivity index (χ1v) is 10.1. The number of carbonyl (C=O) groups is 3. The fourth-order valence-corrected chi connectivity index (χ4v) is 7.28. The van der Waals surface area contributed by atoms with E-state index in [4.69, 9.17) is 9.47 Å². The maximum absolute atomic E-state index is 13.7. The summed E-state index contributed by atoms with van der Waals surface area (Å²) in [7, 11) is 0. The minimum atomic E-state index is -1.13. The SMILES string of the molecule is C=C1[C@H]2CC[C@H]3[C@]45COC(CC4=O)C(C)(C)C5=C(O)C(=O)[C@]3(C2)[C@@H]1OC(C)=O. The molecular weight excluding hydrogens is 360 g/mol. The Hall–Kier alpha value is -1.95. The number of ether oxygens (including phenoxy) is 2. The summed E-state index contributed by atoms with van der Waals surface area (Å²) in [6, 6.07) is 0. The van der Waals surface area contributed by atoms with Crippen molar-refractivity contribution in [3.05, 3.63) is 23.5 Å². The van der Waals surface area contributed by atoms with E-state index < -0.39 is 28.3 Å². The van der Waals surface area contributed by atoms with E-state index in [2.05, 4.69) is 6.58 Å². The Kier molecular flexibility index (Phi) is 3.33. The largest absolute Gasteiger partial charge is 0.504 e. The van der Waals surface area contributed by atoms with E-state index in [1.165, 1.54) is 6.92 Å². The Balaban J connectivity index is 1.80. The van der Waals surface area contributed by atoms with Gasteiger partial charge < -0.3 is 14.6 Å². The normalized spacial score (nSPS) is 45.8. The number of carbonyl (C=O) groups excluding carboxylic acids is 3. The molecule has 2 saturated heterocycles. The minimum absolute atomic E-state index is 0.0408. The molecule has 0 aromatic carbocycles. The van der Waals surface area contributed by atoms with Crippen LogP contribution in [0.4, 0.5) is 0 Å². The van der Waals surface area contributed by atoms with Gasteiger partial charge in [0.05, 0.1) is 23.5 Å². The number of aliphatic hydroxyl groups excluding tert-OH is 1. The Morgan fingerprint density at radius 3 is 2.64 bits per heavy atom. The number of rotatable bonds is 1. The van der Waals surface area contributed by atoms with E-state index in [0.717, 1.165) is 12.0 Å². The number of aliphatic hydroxyl groups is 1. The summed E-state index contributed by atoms with van der Waals surface area (Å²) in [5, 5.41) is 11.2. The van der Waals surface area contributed by atoms with E-state index in [0.29, 0.717) is 18.4 Å². The number of esters is 1. The molecule has 6 atom stereocenters. The molecule has 6 nitrogen and oxygen atoms in total. The van der Waals surface area contributed by atoms with Crippen LogP contribution >= 0.6 is 0 Å². The average molecular weight is 386 g/mol. The second kappa shape index (κ2) is 5.15. The standard InChI is InChI=1S/C22H26O6/c1-10-12-5-6-13-21(8-12,19(10)28-11(2)23)18(26)16(25)17-20(3,4)15-7-14(24)22(13,17)9-27-15/h12-13,15,19,25H,1,5-9H2,2-4H3/t12-,13+,15?,19+,21+,22+/m0/s1. The molecule has 2 aliphatic heterocycles. The first-order valence-electron chi connectivity index (χ1n) is 10.1. The molecule has 6 aliphatic rings. The molecule has 0 amide bonds. The quantitative estimate of drug-likeness (QED) is 0.550. The lowest BCUT2D eigenvalue weighted by atomic mass is 9.41. The first-order chi connectivity index (χ1) is 13.1. The predicted octanol–water partition coefficient (Wildman–Crippen LogP) is 2.67. The molecule has 2 heterocycles.